The molecule has 0 spiro atoms. The molecular formula is C20H28N4OS. The van der Waals surface area contributed by atoms with E-state index in [1.165, 1.54) is 4.88 Å². The van der Waals surface area contributed by atoms with Crippen LogP contribution in [0.2, 0.25) is 0 Å². The second-order valence-corrected chi connectivity index (χ2v) is 8.95. The van der Waals surface area contributed by atoms with Crippen LogP contribution in [-0.2, 0) is 6.42 Å². The van der Waals surface area contributed by atoms with Gasteiger partial charge in [-0.2, -0.15) is 0 Å². The van der Waals surface area contributed by atoms with Crippen LogP contribution in [0.25, 0.3) is 10.6 Å². The number of thiophene rings is 1. The highest BCUT2D eigenvalue weighted by Gasteiger charge is 2.29. The zero-order chi connectivity index (χ0) is 18.7. The first-order valence-electron chi connectivity index (χ1n) is 9.13. The molecule has 0 saturated carbocycles. The number of hydrogen-bond acceptors (Lipinski definition) is 6. The van der Waals surface area contributed by atoms with Crippen molar-refractivity contribution in [3.63, 3.8) is 0 Å². The van der Waals surface area contributed by atoms with Gasteiger partial charge in [-0.1, -0.05) is 6.58 Å². The van der Waals surface area contributed by atoms with Crippen molar-refractivity contribution in [1.82, 2.24) is 15.3 Å². The Morgan fingerprint density at radius 3 is 2.96 bits per heavy atom. The lowest BCUT2D eigenvalue weighted by atomic mass is 9.88. The average Bonchev–Trinajstić information content (AvgIpc) is 3.00. The molecule has 2 aromatic rings. The summed E-state index contributed by atoms with van der Waals surface area (Å²) >= 11 is 1.73. The van der Waals surface area contributed by atoms with Gasteiger partial charge in [-0.05, 0) is 58.2 Å². The summed E-state index contributed by atoms with van der Waals surface area (Å²) in [7, 11) is 0. The zero-order valence-electron chi connectivity index (χ0n) is 15.7. The lowest BCUT2D eigenvalue weighted by Crippen LogP contribution is -2.48. The van der Waals surface area contributed by atoms with Crippen molar-refractivity contribution in [3.05, 3.63) is 41.5 Å². The first-order chi connectivity index (χ1) is 12.3. The van der Waals surface area contributed by atoms with E-state index in [1.54, 1.807) is 17.5 Å². The fraction of sp³-hybridized carbons (Fsp3) is 0.500. The Morgan fingerprint density at radius 2 is 2.23 bits per heavy atom. The van der Waals surface area contributed by atoms with Gasteiger partial charge in [0.15, 0.2) is 0 Å². The minimum Gasteiger partial charge on any atom is -0.393 e. The minimum absolute atomic E-state index is 0.0249. The number of aryl methyl sites for hydroxylation is 1. The predicted molar refractivity (Wildman–Crippen MR) is 108 cm³/mol. The number of nitrogens with one attached hydrogen (secondary N) is 2. The molecule has 2 atom stereocenters. The molecule has 0 aromatic carbocycles. The summed E-state index contributed by atoms with van der Waals surface area (Å²) in [6.45, 7) is 10.3. The molecule has 26 heavy (non-hydrogen) atoms. The smallest absolute Gasteiger partial charge is 0.223 e. The first kappa shape index (κ1) is 18.9. The Hall–Kier alpha value is -1.92. The Morgan fingerprint density at radius 1 is 1.42 bits per heavy atom. The Bertz CT molecular complexity index is 769. The highest BCUT2D eigenvalue weighted by Crippen LogP contribution is 2.29. The van der Waals surface area contributed by atoms with E-state index in [1.807, 2.05) is 13.0 Å². The number of piperidine rings is 1. The maximum atomic E-state index is 9.45. The van der Waals surface area contributed by atoms with Gasteiger partial charge in [0.05, 0.1) is 16.7 Å². The molecule has 0 amide bonds. The summed E-state index contributed by atoms with van der Waals surface area (Å²) in [6.07, 6.45) is 5.08. The zero-order valence-corrected chi connectivity index (χ0v) is 16.6. The lowest BCUT2D eigenvalue weighted by molar-refractivity contribution is 0.185. The molecule has 0 radical (unpaired) electrons. The fourth-order valence-corrected chi connectivity index (χ4v) is 4.41. The monoisotopic (exact) mass is 372 g/mol. The molecule has 2 unspecified atom stereocenters. The maximum absolute atomic E-state index is 9.45. The molecule has 140 valence electrons. The number of hydrogen-bond donors (Lipinski definition) is 3. The summed E-state index contributed by atoms with van der Waals surface area (Å²) in [4.78, 5) is 11.5. The van der Waals surface area contributed by atoms with E-state index < -0.39 is 0 Å². The molecule has 3 N–H and O–H groups in total. The quantitative estimate of drug-likeness (QED) is 0.716. The van der Waals surface area contributed by atoms with Crippen LogP contribution in [0.1, 0.15) is 44.9 Å². The van der Waals surface area contributed by atoms with Gasteiger partial charge in [-0.15, -0.1) is 11.3 Å². The van der Waals surface area contributed by atoms with Crippen molar-refractivity contribution in [2.75, 3.05) is 5.32 Å². The number of aliphatic hydroxyl groups is 1. The first-order valence-corrected chi connectivity index (χ1v) is 9.95. The van der Waals surface area contributed by atoms with Gasteiger partial charge in [-0.25, -0.2) is 9.97 Å². The molecule has 0 bridgehead atoms. The van der Waals surface area contributed by atoms with E-state index in [-0.39, 0.29) is 17.7 Å². The van der Waals surface area contributed by atoms with Crippen LogP contribution >= 0.6 is 11.3 Å². The standard InChI is InChI=1S/C20H28N4OS/c1-13-11-15(12-20(3,4)24-13)22-19-21-10-9-17(23-19)18-8-7-16(26-18)6-5-14(2)25/h7-10,14-15,24-25H,1,5-6,11-12H2,2-4H3,(H,21,22,23). The van der Waals surface area contributed by atoms with E-state index in [0.717, 1.165) is 42.0 Å². The van der Waals surface area contributed by atoms with Crippen LogP contribution in [-0.4, -0.2) is 32.8 Å². The van der Waals surface area contributed by atoms with Gasteiger partial charge in [0, 0.05) is 34.8 Å². The Kier molecular flexibility index (Phi) is 5.63. The number of anilines is 1. The van der Waals surface area contributed by atoms with Crippen LogP contribution in [0.4, 0.5) is 5.95 Å². The Labute approximate surface area is 159 Å². The topological polar surface area (TPSA) is 70.1 Å². The third-order valence-electron chi connectivity index (χ3n) is 4.48. The lowest BCUT2D eigenvalue weighted by Gasteiger charge is -2.38. The summed E-state index contributed by atoms with van der Waals surface area (Å²) in [5, 5.41) is 16.4. The molecule has 5 nitrogen and oxygen atoms in total. The second-order valence-electron chi connectivity index (χ2n) is 7.78. The third kappa shape index (κ3) is 5.05. The average molecular weight is 373 g/mol. The molecule has 1 fully saturated rings. The summed E-state index contributed by atoms with van der Waals surface area (Å²) < 4.78 is 0. The number of nitrogens with zero attached hydrogens (tertiary/aromatic N) is 2. The number of aliphatic hydroxyl groups excluding tert-OH is 1. The van der Waals surface area contributed by atoms with Gasteiger partial charge in [0.2, 0.25) is 5.95 Å². The summed E-state index contributed by atoms with van der Waals surface area (Å²) in [5.74, 6) is 0.664. The van der Waals surface area contributed by atoms with Gasteiger partial charge >= 0.3 is 0 Å². The molecular weight excluding hydrogens is 344 g/mol. The molecule has 1 aliphatic rings. The van der Waals surface area contributed by atoms with Crippen LogP contribution in [0.5, 0.6) is 0 Å². The van der Waals surface area contributed by atoms with Crippen molar-refractivity contribution in [2.24, 2.45) is 0 Å². The fourth-order valence-electron chi connectivity index (χ4n) is 3.42. The maximum Gasteiger partial charge on any atom is 0.223 e. The minimum atomic E-state index is -0.264. The van der Waals surface area contributed by atoms with E-state index in [9.17, 15) is 5.11 Å². The molecule has 1 saturated heterocycles. The van der Waals surface area contributed by atoms with Crippen molar-refractivity contribution in [1.29, 1.82) is 0 Å². The van der Waals surface area contributed by atoms with Gasteiger partial charge in [0.25, 0.3) is 0 Å². The van der Waals surface area contributed by atoms with Crippen LogP contribution in [0.15, 0.2) is 36.7 Å². The highest BCUT2D eigenvalue weighted by molar-refractivity contribution is 7.15. The number of aromatic nitrogens is 2. The van der Waals surface area contributed by atoms with E-state index in [0.29, 0.717) is 5.95 Å². The number of rotatable bonds is 6. The molecule has 3 rings (SSSR count). The molecule has 0 aliphatic carbocycles. The van der Waals surface area contributed by atoms with Crippen molar-refractivity contribution in [3.8, 4) is 10.6 Å². The second kappa shape index (κ2) is 7.76. The summed E-state index contributed by atoms with van der Waals surface area (Å²) in [5.41, 5.74) is 2.01. The molecule has 3 heterocycles. The van der Waals surface area contributed by atoms with Gasteiger partial charge in [-0.3, -0.25) is 0 Å². The van der Waals surface area contributed by atoms with Crippen molar-refractivity contribution < 1.29 is 5.11 Å². The molecule has 1 aliphatic heterocycles. The van der Waals surface area contributed by atoms with Gasteiger partial charge in [0.1, 0.15) is 0 Å². The van der Waals surface area contributed by atoms with Gasteiger partial charge < -0.3 is 15.7 Å². The van der Waals surface area contributed by atoms with E-state index >= 15 is 0 Å². The summed E-state index contributed by atoms with van der Waals surface area (Å²) in [6, 6.07) is 6.44. The largest absolute Gasteiger partial charge is 0.393 e. The van der Waals surface area contributed by atoms with Crippen LogP contribution in [0.3, 0.4) is 0 Å². The SMILES string of the molecule is C=C1CC(Nc2nccc(-c3ccc(CCC(C)O)s3)n2)CC(C)(C)N1. The third-order valence-corrected chi connectivity index (χ3v) is 5.64. The van der Waals surface area contributed by atoms with Crippen LogP contribution in [0, 0.1) is 0 Å². The van der Waals surface area contributed by atoms with Crippen molar-refractivity contribution in [2.45, 2.75) is 64.1 Å². The Balaban J connectivity index is 1.69. The predicted octanol–water partition coefficient (Wildman–Crippen LogP) is 3.97. The van der Waals surface area contributed by atoms with Crippen LogP contribution < -0.4 is 10.6 Å². The molecule has 6 heteroatoms. The van der Waals surface area contributed by atoms with E-state index in [2.05, 4.69) is 48.2 Å². The molecule has 2 aromatic heterocycles. The van der Waals surface area contributed by atoms with Crippen molar-refractivity contribution >= 4 is 17.3 Å². The highest BCUT2D eigenvalue weighted by atomic mass is 32.1. The van der Waals surface area contributed by atoms with E-state index in [4.69, 9.17) is 4.98 Å². The normalized spacial score (nSPS) is 20.5.